The van der Waals surface area contributed by atoms with E-state index in [1.807, 2.05) is 109 Å². The Bertz CT molecular complexity index is 2280. The van der Waals surface area contributed by atoms with E-state index in [0.29, 0.717) is 23.5 Å². The maximum atomic E-state index is 15.3. The summed E-state index contributed by atoms with van der Waals surface area (Å²) >= 11 is 0. The van der Waals surface area contributed by atoms with Gasteiger partial charge in [-0.3, -0.25) is 4.79 Å². The number of esters is 1. The Morgan fingerprint density at radius 1 is 0.722 bits per heavy atom. The van der Waals surface area contributed by atoms with E-state index in [1.165, 1.54) is 12.1 Å². The van der Waals surface area contributed by atoms with Crippen LogP contribution in [0.1, 0.15) is 46.5 Å². The zero-order valence-electron chi connectivity index (χ0n) is 30.0. The average molecular weight is 719 g/mol. The van der Waals surface area contributed by atoms with Gasteiger partial charge in [0.05, 0.1) is 36.4 Å². The zero-order chi connectivity index (χ0) is 37.5. The molecule has 270 valence electrons. The van der Waals surface area contributed by atoms with Crippen LogP contribution in [-0.4, -0.2) is 34.9 Å². The molecule has 6 aromatic carbocycles. The molecule has 1 amide bonds. The van der Waals surface area contributed by atoms with Crippen molar-refractivity contribution >= 4 is 40.0 Å². The Morgan fingerprint density at radius 3 is 1.89 bits per heavy atom. The summed E-state index contributed by atoms with van der Waals surface area (Å²) in [7, 11) is 0. The van der Waals surface area contributed by atoms with Crippen LogP contribution in [0.4, 0.5) is 21.6 Å². The summed E-state index contributed by atoms with van der Waals surface area (Å²) < 4.78 is 27.9. The quantitative estimate of drug-likeness (QED) is 0.0912. The van der Waals surface area contributed by atoms with Crippen molar-refractivity contribution in [1.82, 2.24) is 9.78 Å². The Hall–Kier alpha value is -6.74. The molecular formula is C45H39FN4O4. The topological polar surface area (TPSA) is 94.5 Å². The van der Waals surface area contributed by atoms with Crippen molar-refractivity contribution in [1.29, 1.82) is 0 Å². The number of carbonyl (C=O) groups is 2. The predicted octanol–water partition coefficient (Wildman–Crippen LogP) is 9.52. The molecule has 0 radical (unpaired) electrons. The van der Waals surface area contributed by atoms with E-state index in [9.17, 15) is 9.59 Å². The number of amides is 1. The largest absolute Gasteiger partial charge is 0.494 e. The first kappa shape index (κ1) is 35.7. The molecule has 2 N–H and O–H groups in total. The summed E-state index contributed by atoms with van der Waals surface area (Å²) in [6.07, 6.45) is 0.109. The number of hydrogen-bond donors (Lipinski definition) is 2. The van der Waals surface area contributed by atoms with Gasteiger partial charge in [-0.25, -0.2) is 13.9 Å². The van der Waals surface area contributed by atoms with Gasteiger partial charge in [-0.15, -0.1) is 0 Å². The van der Waals surface area contributed by atoms with Gasteiger partial charge in [0.15, 0.2) is 5.82 Å². The summed E-state index contributed by atoms with van der Waals surface area (Å²) in [5, 5.41) is 12.1. The molecule has 0 bridgehead atoms. The first-order valence-corrected chi connectivity index (χ1v) is 17.9. The third kappa shape index (κ3) is 7.16. The van der Waals surface area contributed by atoms with Crippen LogP contribution < -0.4 is 15.4 Å². The molecule has 8 nitrogen and oxygen atoms in total. The Kier molecular flexibility index (Phi) is 10.5. The lowest BCUT2D eigenvalue weighted by atomic mass is 9.77. The molecule has 1 aromatic heterocycles. The highest BCUT2D eigenvalue weighted by molar-refractivity contribution is 6.02. The van der Waals surface area contributed by atoms with Gasteiger partial charge in [-0.2, -0.15) is 5.10 Å². The molecule has 54 heavy (non-hydrogen) atoms. The molecule has 0 atom stereocenters. The van der Waals surface area contributed by atoms with E-state index in [-0.39, 0.29) is 30.2 Å². The lowest BCUT2D eigenvalue weighted by Gasteiger charge is -2.37. The molecule has 0 unspecified atom stereocenters. The normalized spacial score (nSPS) is 11.2. The number of fused-ring (bicyclic) bond motifs is 1. The molecule has 0 fully saturated rings. The smallest absolute Gasteiger partial charge is 0.338 e. The van der Waals surface area contributed by atoms with Crippen molar-refractivity contribution in [3.05, 3.63) is 185 Å². The second-order valence-electron chi connectivity index (χ2n) is 12.6. The molecule has 0 spiro atoms. The lowest BCUT2D eigenvalue weighted by molar-refractivity contribution is -0.115. The Balaban J connectivity index is 1.38. The fourth-order valence-corrected chi connectivity index (χ4v) is 6.79. The monoisotopic (exact) mass is 718 g/mol. The number of carbonyl (C=O) groups excluding carboxylic acids is 2. The van der Waals surface area contributed by atoms with Crippen molar-refractivity contribution in [3.8, 4) is 5.75 Å². The number of rotatable bonds is 13. The maximum Gasteiger partial charge on any atom is 0.338 e. The molecule has 7 rings (SSSR count). The first-order valence-electron chi connectivity index (χ1n) is 17.9. The average Bonchev–Trinajstić information content (AvgIpc) is 3.55. The van der Waals surface area contributed by atoms with Crippen LogP contribution in [0.2, 0.25) is 0 Å². The zero-order valence-corrected chi connectivity index (χ0v) is 30.0. The van der Waals surface area contributed by atoms with Crippen LogP contribution in [-0.2, 0) is 21.5 Å². The van der Waals surface area contributed by atoms with E-state index in [4.69, 9.17) is 14.6 Å². The van der Waals surface area contributed by atoms with Crippen LogP contribution in [0.25, 0.3) is 10.9 Å². The number of nitrogens with zero attached hydrogens (tertiary/aromatic N) is 2. The van der Waals surface area contributed by atoms with Crippen molar-refractivity contribution < 1.29 is 23.5 Å². The molecule has 7 aromatic rings. The van der Waals surface area contributed by atoms with Gasteiger partial charge in [0.1, 0.15) is 17.1 Å². The predicted molar refractivity (Wildman–Crippen MR) is 210 cm³/mol. The van der Waals surface area contributed by atoms with Crippen molar-refractivity contribution in [3.63, 3.8) is 0 Å². The van der Waals surface area contributed by atoms with Crippen LogP contribution in [0.3, 0.4) is 0 Å². The summed E-state index contributed by atoms with van der Waals surface area (Å²) in [5.41, 5.74) is 4.31. The standard InChI is InChI=1S/C45H39FN4O4/c1-3-53-37-24-20-31(21-25-37)28-42(51)48-43-38-30-36(47-40-26-22-32(29-39(40)46)44(52)54-4-2)23-27-41(38)50(49-43)45(33-14-8-5-9-15-33,34-16-10-6-11-17-34)35-18-12-7-13-19-35/h5-27,29-30,47H,3-4,28H2,1-2H3,(H,48,49,51). The molecule has 9 heteroatoms. The number of aromatic nitrogens is 2. The van der Waals surface area contributed by atoms with E-state index < -0.39 is 17.3 Å². The maximum absolute atomic E-state index is 15.3. The number of anilines is 3. The highest BCUT2D eigenvalue weighted by atomic mass is 19.1. The van der Waals surface area contributed by atoms with Crippen LogP contribution in [0, 0.1) is 5.82 Å². The van der Waals surface area contributed by atoms with Gasteiger partial charge in [0.25, 0.3) is 0 Å². The van der Waals surface area contributed by atoms with Gasteiger partial charge in [0, 0.05) is 11.1 Å². The lowest BCUT2D eigenvalue weighted by Crippen LogP contribution is -2.38. The fraction of sp³-hybridized carbons (Fsp3) is 0.133. The summed E-state index contributed by atoms with van der Waals surface area (Å²) in [4.78, 5) is 26.0. The van der Waals surface area contributed by atoms with Crippen LogP contribution >= 0.6 is 0 Å². The summed E-state index contributed by atoms with van der Waals surface area (Å²) in [6, 6.07) is 47.7. The summed E-state index contributed by atoms with van der Waals surface area (Å²) in [5.74, 6) is -0.389. The number of hydrogen-bond acceptors (Lipinski definition) is 6. The van der Waals surface area contributed by atoms with Gasteiger partial charge >= 0.3 is 5.97 Å². The number of benzene rings is 6. The van der Waals surface area contributed by atoms with Crippen molar-refractivity contribution in [2.45, 2.75) is 25.8 Å². The van der Waals surface area contributed by atoms with Crippen LogP contribution in [0.5, 0.6) is 5.75 Å². The third-order valence-electron chi connectivity index (χ3n) is 9.19. The van der Waals surface area contributed by atoms with Gasteiger partial charge in [0.2, 0.25) is 5.91 Å². The first-order chi connectivity index (χ1) is 26.4. The van der Waals surface area contributed by atoms with E-state index in [1.54, 1.807) is 6.92 Å². The Morgan fingerprint density at radius 2 is 1.33 bits per heavy atom. The second kappa shape index (κ2) is 15.9. The molecule has 0 aliphatic rings. The van der Waals surface area contributed by atoms with Crippen molar-refractivity contribution in [2.75, 3.05) is 23.8 Å². The second-order valence-corrected chi connectivity index (χ2v) is 12.6. The van der Waals surface area contributed by atoms with E-state index >= 15 is 4.39 Å². The molecule has 0 saturated carbocycles. The minimum atomic E-state index is -0.968. The highest BCUT2D eigenvalue weighted by Gasteiger charge is 2.41. The van der Waals surface area contributed by atoms with Gasteiger partial charge in [-0.1, -0.05) is 103 Å². The Labute approximate surface area is 313 Å². The molecular weight excluding hydrogens is 680 g/mol. The van der Waals surface area contributed by atoms with E-state index in [0.717, 1.165) is 39.6 Å². The van der Waals surface area contributed by atoms with Crippen molar-refractivity contribution in [2.24, 2.45) is 0 Å². The molecule has 0 aliphatic heterocycles. The fourth-order valence-electron chi connectivity index (χ4n) is 6.79. The highest BCUT2D eigenvalue weighted by Crippen LogP contribution is 2.44. The number of ether oxygens (including phenoxy) is 2. The summed E-state index contributed by atoms with van der Waals surface area (Å²) in [6.45, 7) is 4.36. The SMILES string of the molecule is CCOC(=O)c1ccc(Nc2ccc3c(c2)c(NC(=O)Cc2ccc(OCC)cc2)nn3C(c2ccccc2)(c2ccccc2)c2ccccc2)c(F)c1. The van der Waals surface area contributed by atoms with Gasteiger partial charge in [-0.05, 0) is 84.6 Å². The molecule has 1 heterocycles. The van der Waals surface area contributed by atoms with Crippen LogP contribution in [0.15, 0.2) is 152 Å². The van der Waals surface area contributed by atoms with Gasteiger partial charge < -0.3 is 20.1 Å². The molecule has 0 saturated heterocycles. The third-order valence-corrected chi connectivity index (χ3v) is 9.19. The minimum Gasteiger partial charge on any atom is -0.494 e. The van der Waals surface area contributed by atoms with E-state index in [2.05, 4.69) is 47.0 Å². The molecule has 0 aliphatic carbocycles. The number of halogens is 1. The number of nitrogens with one attached hydrogen (secondary N) is 2. The minimum absolute atomic E-state index is 0.109.